The summed E-state index contributed by atoms with van der Waals surface area (Å²) in [5.41, 5.74) is 1.86. The summed E-state index contributed by atoms with van der Waals surface area (Å²) in [6.45, 7) is 0.856. The maximum atomic E-state index is 12.9. The van der Waals surface area contributed by atoms with Crippen molar-refractivity contribution in [3.05, 3.63) is 68.6 Å². The zero-order valence-corrected chi connectivity index (χ0v) is 20.5. The minimum Gasteiger partial charge on any atom is -0.465 e. The summed E-state index contributed by atoms with van der Waals surface area (Å²) in [5, 5.41) is 0. The molecule has 0 aliphatic heterocycles. The first-order valence-corrected chi connectivity index (χ1v) is 12.9. The third-order valence-corrected chi connectivity index (χ3v) is 10.5. The molecule has 0 unspecified atom stereocenters. The predicted octanol–water partition coefficient (Wildman–Crippen LogP) is 4.82. The number of halogens is 2. The van der Waals surface area contributed by atoms with Gasteiger partial charge < -0.3 is 9.47 Å². The summed E-state index contributed by atoms with van der Waals surface area (Å²) in [7, 11) is 0. The monoisotopic (exact) mass is 556 g/mol. The minimum absolute atomic E-state index is 0.00438. The molecule has 6 heteroatoms. The van der Waals surface area contributed by atoms with Crippen molar-refractivity contribution in [1.82, 2.24) is 0 Å². The Bertz CT molecular complexity index is 994. The Hall–Kier alpha value is -1.66. The highest BCUT2D eigenvalue weighted by Crippen LogP contribution is 3.10. The van der Waals surface area contributed by atoms with E-state index >= 15 is 0 Å². The molecule has 4 nitrogen and oxygen atoms in total. The van der Waals surface area contributed by atoms with Crippen LogP contribution in [0.15, 0.2) is 57.5 Å². The molecule has 6 saturated carbocycles. The van der Waals surface area contributed by atoms with E-state index in [1.54, 1.807) is 0 Å². The number of carbonyl (C=O) groups excluding carboxylic acids is 2. The van der Waals surface area contributed by atoms with Crippen LogP contribution in [-0.4, -0.2) is 25.2 Å². The molecule has 0 atom stereocenters. The highest BCUT2D eigenvalue weighted by molar-refractivity contribution is 9.10. The zero-order chi connectivity index (χ0) is 21.8. The van der Waals surface area contributed by atoms with Crippen molar-refractivity contribution >= 4 is 43.8 Å². The van der Waals surface area contributed by atoms with Gasteiger partial charge in [0.05, 0.1) is 24.0 Å². The first-order chi connectivity index (χ1) is 15.5. The molecule has 32 heavy (non-hydrogen) atoms. The quantitative estimate of drug-likeness (QED) is 0.437. The van der Waals surface area contributed by atoms with Crippen LogP contribution in [0.1, 0.15) is 11.1 Å². The van der Waals surface area contributed by atoms with E-state index in [0.29, 0.717) is 48.7 Å². The van der Waals surface area contributed by atoms with Gasteiger partial charge in [0.1, 0.15) is 0 Å². The van der Waals surface area contributed by atoms with E-state index in [0.717, 1.165) is 21.8 Å². The van der Waals surface area contributed by atoms with E-state index < -0.39 is 0 Å². The third kappa shape index (κ3) is 2.02. The minimum atomic E-state index is -0.237. The zero-order valence-electron chi connectivity index (χ0n) is 17.3. The van der Waals surface area contributed by atoms with Gasteiger partial charge in [0.2, 0.25) is 0 Å². The SMILES string of the molecule is O=C(OCCc1ccc(Br)cc1)C12C3C4C1C1C2C3C41C(=O)OCCc1ccc(Br)cc1. The van der Waals surface area contributed by atoms with Crippen LogP contribution >= 0.6 is 31.9 Å². The molecule has 0 radical (unpaired) electrons. The number of carbonyl (C=O) groups is 2. The second kappa shape index (κ2) is 6.47. The third-order valence-electron chi connectivity index (χ3n) is 9.41. The molecule has 2 aromatic rings. The van der Waals surface area contributed by atoms with Crippen LogP contribution < -0.4 is 0 Å². The van der Waals surface area contributed by atoms with Gasteiger partial charge in [-0.3, -0.25) is 9.59 Å². The normalized spacial score (nSPS) is 39.9. The topological polar surface area (TPSA) is 52.6 Å². The summed E-state index contributed by atoms with van der Waals surface area (Å²) >= 11 is 6.88. The van der Waals surface area contributed by atoms with Gasteiger partial charge in [-0.15, -0.1) is 0 Å². The number of hydrogen-bond acceptors (Lipinski definition) is 4. The molecule has 164 valence electrons. The Morgan fingerprint density at radius 3 is 1.25 bits per heavy atom. The van der Waals surface area contributed by atoms with Crippen molar-refractivity contribution in [3.63, 3.8) is 0 Å². The lowest BCUT2D eigenvalue weighted by Crippen LogP contribution is -3.12. The number of hydrogen-bond donors (Lipinski definition) is 0. The Kier molecular flexibility index (Phi) is 4.00. The molecule has 0 amide bonds. The fraction of sp³-hybridized carbons (Fsp3) is 0.462. The van der Waals surface area contributed by atoms with Gasteiger partial charge in [0.15, 0.2) is 0 Å². The molecule has 6 aliphatic rings. The first-order valence-electron chi connectivity index (χ1n) is 11.4. The summed E-state index contributed by atoms with van der Waals surface area (Å²) in [5.74, 6) is 2.25. The molecule has 2 aromatic carbocycles. The number of esters is 2. The maximum Gasteiger partial charge on any atom is 0.312 e. The molecular formula is C26H22Br2O4. The van der Waals surface area contributed by atoms with Crippen molar-refractivity contribution in [3.8, 4) is 0 Å². The lowest BCUT2D eigenvalue weighted by molar-refractivity contribution is -0.628. The van der Waals surface area contributed by atoms with Gasteiger partial charge in [0, 0.05) is 21.8 Å². The van der Waals surface area contributed by atoms with Gasteiger partial charge in [0.25, 0.3) is 0 Å². The van der Waals surface area contributed by atoms with Crippen LogP contribution in [0.2, 0.25) is 0 Å². The van der Waals surface area contributed by atoms with Crippen molar-refractivity contribution < 1.29 is 19.1 Å². The molecule has 0 saturated heterocycles. The second-order valence-corrected chi connectivity index (χ2v) is 11.9. The van der Waals surface area contributed by atoms with E-state index in [-0.39, 0.29) is 22.8 Å². The highest BCUT2D eigenvalue weighted by atomic mass is 79.9. The maximum absolute atomic E-state index is 12.9. The predicted molar refractivity (Wildman–Crippen MR) is 123 cm³/mol. The van der Waals surface area contributed by atoms with Crippen LogP contribution in [0.3, 0.4) is 0 Å². The standard InChI is InChI=1S/C26H22Br2O4/c27-15-5-1-13(2-6-15)9-11-31-23(29)25-17-20-18(25)22-19(25)21(17)26(20,22)24(30)32-12-10-14-3-7-16(28)8-4-14/h1-8,17-22H,9-12H2. The molecule has 6 aliphatic carbocycles. The van der Waals surface area contributed by atoms with E-state index in [2.05, 4.69) is 31.9 Å². The summed E-state index contributed by atoms with van der Waals surface area (Å²) in [6, 6.07) is 16.2. The molecule has 6 fully saturated rings. The Morgan fingerprint density at radius 1 is 0.625 bits per heavy atom. The van der Waals surface area contributed by atoms with Gasteiger partial charge >= 0.3 is 11.9 Å². The van der Waals surface area contributed by atoms with Gasteiger partial charge in [-0.05, 0) is 70.9 Å². The van der Waals surface area contributed by atoms with Crippen LogP contribution in [0.5, 0.6) is 0 Å². The van der Waals surface area contributed by atoms with Crippen molar-refractivity contribution in [1.29, 1.82) is 0 Å². The van der Waals surface area contributed by atoms with Crippen LogP contribution in [0, 0.1) is 46.3 Å². The van der Waals surface area contributed by atoms with Crippen LogP contribution in [-0.2, 0) is 31.9 Å². The van der Waals surface area contributed by atoms with Crippen molar-refractivity contribution in [2.75, 3.05) is 13.2 Å². The Balaban J connectivity index is 0.929. The molecular weight excluding hydrogens is 536 g/mol. The summed E-state index contributed by atoms with van der Waals surface area (Å²) < 4.78 is 13.6. The largest absolute Gasteiger partial charge is 0.465 e. The van der Waals surface area contributed by atoms with Crippen molar-refractivity contribution in [2.45, 2.75) is 12.8 Å². The molecule has 8 rings (SSSR count). The average molecular weight is 558 g/mol. The lowest BCUT2D eigenvalue weighted by Gasteiger charge is -3.08. The smallest absolute Gasteiger partial charge is 0.312 e. The Morgan fingerprint density at radius 2 is 0.938 bits per heavy atom. The Labute approximate surface area is 203 Å². The molecule has 0 aromatic heterocycles. The molecule has 0 N–H and O–H groups in total. The number of rotatable bonds is 8. The average Bonchev–Trinajstić information content (AvgIpc) is 2.81. The lowest BCUT2D eigenvalue weighted by atomic mass is 8.92. The van der Waals surface area contributed by atoms with Gasteiger partial charge in [-0.1, -0.05) is 56.1 Å². The van der Waals surface area contributed by atoms with E-state index in [1.165, 1.54) is 11.1 Å². The van der Waals surface area contributed by atoms with E-state index in [4.69, 9.17) is 9.47 Å². The molecule has 0 spiro atoms. The molecule has 0 bridgehead atoms. The first kappa shape index (κ1) is 19.8. The van der Waals surface area contributed by atoms with Gasteiger partial charge in [-0.25, -0.2) is 0 Å². The van der Waals surface area contributed by atoms with E-state index in [1.807, 2.05) is 48.5 Å². The van der Waals surface area contributed by atoms with Crippen LogP contribution in [0.4, 0.5) is 0 Å². The molecule has 0 heterocycles. The second-order valence-electron chi connectivity index (χ2n) is 10.0. The van der Waals surface area contributed by atoms with Gasteiger partial charge in [-0.2, -0.15) is 0 Å². The summed E-state index contributed by atoms with van der Waals surface area (Å²) in [4.78, 5) is 25.9. The van der Waals surface area contributed by atoms with E-state index in [9.17, 15) is 9.59 Å². The van der Waals surface area contributed by atoms with Crippen molar-refractivity contribution in [2.24, 2.45) is 46.3 Å². The fourth-order valence-corrected chi connectivity index (χ4v) is 8.95. The van der Waals surface area contributed by atoms with Crippen LogP contribution in [0.25, 0.3) is 0 Å². The number of benzene rings is 2. The summed E-state index contributed by atoms with van der Waals surface area (Å²) in [6.07, 6.45) is 1.47. The number of ether oxygens (including phenoxy) is 2. The fourth-order valence-electron chi connectivity index (χ4n) is 8.42. The highest BCUT2D eigenvalue weighted by Gasteiger charge is 3.13.